The standard InChI is InChI=1S/C16H25N3O2S/c1-16(2,3)21-15(20)18-11-10-17-14(22)19(4)12-13-8-6-5-7-9-13/h5-9H,10-12H2,1-4H3,(H,17,22)(H,18,20). The molecule has 0 spiro atoms. The quantitative estimate of drug-likeness (QED) is 0.644. The van der Waals surface area contributed by atoms with E-state index in [-0.39, 0.29) is 0 Å². The first-order valence-electron chi connectivity index (χ1n) is 7.27. The molecule has 6 heteroatoms. The molecule has 0 aliphatic rings. The molecule has 5 nitrogen and oxygen atoms in total. The van der Waals surface area contributed by atoms with E-state index in [0.717, 1.165) is 6.54 Å². The molecule has 0 saturated carbocycles. The molecule has 2 N–H and O–H groups in total. The van der Waals surface area contributed by atoms with Crippen LogP contribution in [0.5, 0.6) is 0 Å². The molecule has 0 saturated heterocycles. The van der Waals surface area contributed by atoms with Gasteiger partial charge in [-0.25, -0.2) is 4.79 Å². The highest BCUT2D eigenvalue weighted by molar-refractivity contribution is 7.80. The van der Waals surface area contributed by atoms with Gasteiger partial charge in [0.2, 0.25) is 0 Å². The summed E-state index contributed by atoms with van der Waals surface area (Å²) in [5.41, 5.74) is 0.712. The molecule has 1 aromatic rings. The Bertz CT molecular complexity index is 486. The maximum absolute atomic E-state index is 11.5. The molecule has 0 aromatic heterocycles. The van der Waals surface area contributed by atoms with E-state index in [1.807, 2.05) is 50.9 Å². The van der Waals surface area contributed by atoms with Gasteiger partial charge in [0.15, 0.2) is 5.11 Å². The number of thiocarbonyl (C=S) groups is 1. The second kappa shape index (κ2) is 8.58. The monoisotopic (exact) mass is 323 g/mol. The number of hydrogen-bond acceptors (Lipinski definition) is 3. The molecule has 0 heterocycles. The number of carbonyl (C=O) groups excluding carboxylic acids is 1. The average molecular weight is 323 g/mol. The van der Waals surface area contributed by atoms with Gasteiger partial charge in [-0.1, -0.05) is 30.3 Å². The van der Waals surface area contributed by atoms with Crippen LogP contribution in [0.3, 0.4) is 0 Å². The molecule has 0 fully saturated rings. The van der Waals surface area contributed by atoms with Crippen molar-refractivity contribution >= 4 is 23.4 Å². The van der Waals surface area contributed by atoms with E-state index in [1.54, 1.807) is 0 Å². The van der Waals surface area contributed by atoms with Crippen LogP contribution in [0.2, 0.25) is 0 Å². The van der Waals surface area contributed by atoms with Crippen LogP contribution < -0.4 is 10.6 Å². The highest BCUT2D eigenvalue weighted by Crippen LogP contribution is 2.06. The third-order valence-corrected chi connectivity index (χ3v) is 3.13. The number of nitrogens with one attached hydrogen (secondary N) is 2. The van der Waals surface area contributed by atoms with E-state index in [2.05, 4.69) is 22.8 Å². The maximum atomic E-state index is 11.5. The third-order valence-electron chi connectivity index (χ3n) is 2.68. The molecule has 1 aromatic carbocycles. The van der Waals surface area contributed by atoms with Gasteiger partial charge in [-0.3, -0.25) is 0 Å². The molecule has 0 atom stereocenters. The zero-order valence-corrected chi connectivity index (χ0v) is 14.5. The van der Waals surface area contributed by atoms with Crippen LogP contribution in [-0.2, 0) is 11.3 Å². The molecule has 0 bridgehead atoms. The third kappa shape index (κ3) is 7.83. The fraction of sp³-hybridized carbons (Fsp3) is 0.500. The predicted molar refractivity (Wildman–Crippen MR) is 92.7 cm³/mol. The summed E-state index contributed by atoms with van der Waals surface area (Å²) in [6, 6.07) is 10.1. The van der Waals surface area contributed by atoms with Crippen molar-refractivity contribution in [1.82, 2.24) is 15.5 Å². The molecule has 122 valence electrons. The van der Waals surface area contributed by atoms with Gasteiger partial charge in [-0.05, 0) is 38.6 Å². The topological polar surface area (TPSA) is 53.6 Å². The summed E-state index contributed by atoms with van der Waals surface area (Å²) < 4.78 is 5.15. The van der Waals surface area contributed by atoms with Gasteiger partial charge in [0.1, 0.15) is 5.60 Å². The average Bonchev–Trinajstić information content (AvgIpc) is 2.42. The first-order valence-corrected chi connectivity index (χ1v) is 7.68. The van der Waals surface area contributed by atoms with E-state index in [4.69, 9.17) is 17.0 Å². The van der Waals surface area contributed by atoms with Crippen molar-refractivity contribution in [3.8, 4) is 0 Å². The fourth-order valence-electron chi connectivity index (χ4n) is 1.71. The number of alkyl carbamates (subject to hydrolysis) is 1. The predicted octanol–water partition coefficient (Wildman–Crippen LogP) is 2.52. The highest BCUT2D eigenvalue weighted by Gasteiger charge is 2.15. The van der Waals surface area contributed by atoms with E-state index >= 15 is 0 Å². The van der Waals surface area contributed by atoms with Crippen molar-refractivity contribution < 1.29 is 9.53 Å². The lowest BCUT2D eigenvalue weighted by Gasteiger charge is -2.22. The smallest absolute Gasteiger partial charge is 0.407 e. The molecule has 0 aliphatic heterocycles. The molecule has 0 aliphatic carbocycles. The zero-order valence-electron chi connectivity index (χ0n) is 13.7. The second-order valence-corrected chi connectivity index (χ2v) is 6.39. The van der Waals surface area contributed by atoms with Crippen LogP contribution in [0, 0.1) is 0 Å². The lowest BCUT2D eigenvalue weighted by molar-refractivity contribution is 0.0529. The van der Waals surface area contributed by atoms with Crippen molar-refractivity contribution in [2.45, 2.75) is 32.9 Å². The van der Waals surface area contributed by atoms with E-state index in [0.29, 0.717) is 18.2 Å². The van der Waals surface area contributed by atoms with Crippen molar-refractivity contribution in [3.05, 3.63) is 35.9 Å². The Kier molecular flexibility index (Phi) is 7.11. The van der Waals surface area contributed by atoms with E-state index in [9.17, 15) is 4.79 Å². The Morgan fingerprint density at radius 3 is 2.36 bits per heavy atom. The summed E-state index contributed by atoms with van der Waals surface area (Å²) >= 11 is 5.31. The van der Waals surface area contributed by atoms with Crippen molar-refractivity contribution in [1.29, 1.82) is 0 Å². The number of nitrogens with zero attached hydrogens (tertiary/aromatic N) is 1. The first kappa shape index (κ1) is 18.2. The lowest BCUT2D eigenvalue weighted by Crippen LogP contribution is -2.41. The Balaban J connectivity index is 2.21. The second-order valence-electron chi connectivity index (χ2n) is 6.00. The Labute approximate surface area is 138 Å². The Hall–Kier alpha value is -1.82. The van der Waals surface area contributed by atoms with Crippen LogP contribution in [0.1, 0.15) is 26.3 Å². The van der Waals surface area contributed by atoms with Crippen molar-refractivity contribution in [2.75, 3.05) is 20.1 Å². The molecular weight excluding hydrogens is 298 g/mol. The molecule has 1 amide bonds. The number of hydrogen-bond donors (Lipinski definition) is 2. The van der Waals surface area contributed by atoms with Gasteiger partial charge >= 0.3 is 6.09 Å². The summed E-state index contributed by atoms with van der Waals surface area (Å²) in [4.78, 5) is 13.4. The summed E-state index contributed by atoms with van der Waals surface area (Å²) in [5.74, 6) is 0. The summed E-state index contributed by atoms with van der Waals surface area (Å²) in [7, 11) is 1.93. The largest absolute Gasteiger partial charge is 0.444 e. The van der Waals surface area contributed by atoms with Crippen LogP contribution in [0.25, 0.3) is 0 Å². The Morgan fingerprint density at radius 1 is 1.18 bits per heavy atom. The van der Waals surface area contributed by atoms with E-state index in [1.165, 1.54) is 5.56 Å². The lowest BCUT2D eigenvalue weighted by atomic mass is 10.2. The van der Waals surface area contributed by atoms with Gasteiger partial charge in [0.25, 0.3) is 0 Å². The molecule has 22 heavy (non-hydrogen) atoms. The summed E-state index contributed by atoms with van der Waals surface area (Å²) in [5, 5.41) is 6.44. The van der Waals surface area contributed by atoms with Crippen LogP contribution >= 0.6 is 12.2 Å². The van der Waals surface area contributed by atoms with Crippen LogP contribution in [0.4, 0.5) is 4.79 Å². The summed E-state index contributed by atoms with van der Waals surface area (Å²) in [6.45, 7) is 7.24. The van der Waals surface area contributed by atoms with Crippen molar-refractivity contribution in [2.24, 2.45) is 0 Å². The van der Waals surface area contributed by atoms with Crippen LogP contribution in [-0.4, -0.2) is 41.8 Å². The minimum Gasteiger partial charge on any atom is -0.444 e. The molecule has 0 unspecified atom stereocenters. The van der Waals surface area contributed by atoms with Gasteiger partial charge in [-0.2, -0.15) is 0 Å². The van der Waals surface area contributed by atoms with Gasteiger partial charge in [0.05, 0.1) is 0 Å². The SMILES string of the molecule is CN(Cc1ccccc1)C(=S)NCCNC(=O)OC(C)(C)C. The first-order chi connectivity index (χ1) is 10.3. The normalized spacial score (nSPS) is 10.7. The van der Waals surface area contributed by atoms with Crippen molar-refractivity contribution in [3.63, 3.8) is 0 Å². The molecule has 1 rings (SSSR count). The highest BCUT2D eigenvalue weighted by atomic mass is 32.1. The molecular formula is C16H25N3O2S. The number of benzene rings is 1. The van der Waals surface area contributed by atoms with Gasteiger partial charge in [0, 0.05) is 26.7 Å². The number of amides is 1. The molecule has 0 radical (unpaired) electrons. The van der Waals surface area contributed by atoms with Crippen LogP contribution in [0.15, 0.2) is 30.3 Å². The summed E-state index contributed by atoms with van der Waals surface area (Å²) in [6.07, 6.45) is -0.419. The minimum absolute atomic E-state index is 0.419. The van der Waals surface area contributed by atoms with E-state index < -0.39 is 11.7 Å². The maximum Gasteiger partial charge on any atom is 0.407 e. The number of ether oxygens (including phenoxy) is 1. The Morgan fingerprint density at radius 2 is 1.77 bits per heavy atom. The zero-order chi connectivity index (χ0) is 16.6. The minimum atomic E-state index is -0.483. The van der Waals surface area contributed by atoms with Gasteiger partial charge in [-0.15, -0.1) is 0 Å². The fourth-order valence-corrected chi connectivity index (χ4v) is 1.88. The number of carbonyl (C=O) groups is 1. The van der Waals surface area contributed by atoms with Gasteiger partial charge < -0.3 is 20.3 Å². The number of rotatable bonds is 5.